The molecular weight excluding hydrogens is 312 g/mol. The summed E-state index contributed by atoms with van der Waals surface area (Å²) < 4.78 is 12.1. The molecule has 1 saturated heterocycles. The molecule has 4 nitrogen and oxygen atoms in total. The van der Waals surface area contributed by atoms with Gasteiger partial charge in [-0.3, -0.25) is 0 Å². The number of nitrogens with zero attached hydrogens (tertiary/aromatic N) is 2. The van der Waals surface area contributed by atoms with E-state index in [0.29, 0.717) is 12.0 Å². The van der Waals surface area contributed by atoms with Crippen molar-refractivity contribution >= 4 is 11.1 Å². The summed E-state index contributed by atoms with van der Waals surface area (Å²) >= 11 is 0. The van der Waals surface area contributed by atoms with Crippen molar-refractivity contribution in [2.45, 2.75) is 57.5 Å². The zero-order chi connectivity index (χ0) is 17.1. The fourth-order valence-corrected chi connectivity index (χ4v) is 4.33. The van der Waals surface area contributed by atoms with Crippen molar-refractivity contribution in [1.82, 2.24) is 9.88 Å². The van der Waals surface area contributed by atoms with Crippen LogP contribution >= 0.6 is 0 Å². The summed E-state index contributed by atoms with van der Waals surface area (Å²) in [6.45, 7) is 6.52. The zero-order valence-corrected chi connectivity index (χ0v) is 15.3. The maximum absolute atomic E-state index is 6.18. The third-order valence-corrected chi connectivity index (χ3v) is 6.02. The van der Waals surface area contributed by atoms with Gasteiger partial charge in [0.1, 0.15) is 5.52 Å². The lowest BCUT2D eigenvalue weighted by molar-refractivity contribution is -0.0158. The van der Waals surface area contributed by atoms with E-state index in [1.165, 1.54) is 25.7 Å². The summed E-state index contributed by atoms with van der Waals surface area (Å²) in [5.74, 6) is 2.12. The van der Waals surface area contributed by atoms with Gasteiger partial charge >= 0.3 is 0 Å². The van der Waals surface area contributed by atoms with Gasteiger partial charge in [0.25, 0.3) is 0 Å². The molecule has 2 aromatic rings. The van der Waals surface area contributed by atoms with Gasteiger partial charge in [-0.15, -0.1) is 0 Å². The van der Waals surface area contributed by atoms with Gasteiger partial charge in [0.15, 0.2) is 11.5 Å². The molecular formula is C21H30N2O2. The van der Waals surface area contributed by atoms with Gasteiger partial charge in [0, 0.05) is 12.5 Å². The maximum Gasteiger partial charge on any atom is 0.198 e. The first-order chi connectivity index (χ1) is 12.3. The predicted octanol–water partition coefficient (Wildman–Crippen LogP) is 4.60. The van der Waals surface area contributed by atoms with Crippen LogP contribution in [0, 0.1) is 5.92 Å². The number of aromatic nitrogens is 1. The maximum atomic E-state index is 6.18. The highest BCUT2D eigenvalue weighted by Gasteiger charge is 2.25. The Bertz CT molecular complexity index is 642. The van der Waals surface area contributed by atoms with Gasteiger partial charge in [0.05, 0.1) is 12.7 Å². The van der Waals surface area contributed by atoms with Gasteiger partial charge in [-0.2, -0.15) is 0 Å². The molecule has 136 valence electrons. The molecule has 0 amide bonds. The molecule has 2 fully saturated rings. The first kappa shape index (κ1) is 17.0. The molecule has 0 radical (unpaired) electrons. The second-order valence-corrected chi connectivity index (χ2v) is 7.81. The summed E-state index contributed by atoms with van der Waals surface area (Å²) in [5.41, 5.74) is 1.89. The molecule has 0 spiro atoms. The van der Waals surface area contributed by atoms with Crippen LogP contribution < -0.4 is 0 Å². The molecule has 0 N–H and O–H groups in total. The van der Waals surface area contributed by atoms with Crippen LogP contribution in [0.25, 0.3) is 11.1 Å². The highest BCUT2D eigenvalue weighted by atomic mass is 16.5. The van der Waals surface area contributed by atoms with Crippen LogP contribution in [0.4, 0.5) is 0 Å². The van der Waals surface area contributed by atoms with E-state index in [9.17, 15) is 0 Å². The molecule has 1 saturated carbocycles. The van der Waals surface area contributed by atoms with E-state index in [1.54, 1.807) is 0 Å². The molecule has 2 unspecified atom stereocenters. The molecule has 1 aliphatic heterocycles. The van der Waals surface area contributed by atoms with E-state index in [1.807, 2.05) is 24.3 Å². The summed E-state index contributed by atoms with van der Waals surface area (Å²) in [6, 6.07) is 8.06. The van der Waals surface area contributed by atoms with E-state index in [2.05, 4.69) is 16.8 Å². The summed E-state index contributed by atoms with van der Waals surface area (Å²) in [4.78, 5) is 7.22. The Hall–Kier alpha value is -1.39. The number of oxazole rings is 1. The van der Waals surface area contributed by atoms with Crippen molar-refractivity contribution in [2.24, 2.45) is 5.92 Å². The Balaban J connectivity index is 1.23. The van der Waals surface area contributed by atoms with Crippen molar-refractivity contribution in [3.05, 3.63) is 30.2 Å². The van der Waals surface area contributed by atoms with E-state index in [4.69, 9.17) is 9.15 Å². The number of para-hydroxylation sites is 2. The van der Waals surface area contributed by atoms with Gasteiger partial charge < -0.3 is 14.1 Å². The summed E-state index contributed by atoms with van der Waals surface area (Å²) in [5, 5.41) is 0. The Morgan fingerprint density at radius 1 is 1.12 bits per heavy atom. The summed E-state index contributed by atoms with van der Waals surface area (Å²) in [7, 11) is 0. The standard InChI is InChI=1S/C21H30N2O2/c1-16-6-2-4-8-19(16)24-15-14-23-12-10-17(11-13-23)21-22-18-7-3-5-9-20(18)25-21/h3,5,7,9,16-17,19H,2,4,6,8,10-15H2,1H3. The average Bonchev–Trinajstić information content (AvgIpc) is 3.08. The molecule has 2 heterocycles. The predicted molar refractivity (Wildman–Crippen MR) is 99.8 cm³/mol. The minimum Gasteiger partial charge on any atom is -0.440 e. The van der Waals surface area contributed by atoms with Gasteiger partial charge in [0.2, 0.25) is 0 Å². The second kappa shape index (κ2) is 7.88. The fourth-order valence-electron chi connectivity index (χ4n) is 4.33. The Morgan fingerprint density at radius 2 is 1.92 bits per heavy atom. The van der Waals surface area contributed by atoms with Crippen LogP contribution in [0.3, 0.4) is 0 Å². The lowest BCUT2D eigenvalue weighted by Crippen LogP contribution is -2.37. The Labute approximate surface area is 150 Å². The lowest BCUT2D eigenvalue weighted by atomic mass is 9.88. The molecule has 4 rings (SSSR count). The van der Waals surface area contributed by atoms with E-state index >= 15 is 0 Å². The van der Waals surface area contributed by atoms with Gasteiger partial charge in [-0.1, -0.05) is 31.9 Å². The molecule has 1 aromatic heterocycles. The van der Waals surface area contributed by atoms with Crippen molar-refractivity contribution in [3.8, 4) is 0 Å². The molecule has 1 aromatic carbocycles. The van der Waals surface area contributed by atoms with Crippen LogP contribution in [0.1, 0.15) is 57.3 Å². The highest BCUT2D eigenvalue weighted by molar-refractivity contribution is 5.72. The average molecular weight is 342 g/mol. The number of piperidine rings is 1. The third kappa shape index (κ3) is 4.06. The zero-order valence-electron chi connectivity index (χ0n) is 15.3. The molecule has 2 atom stereocenters. The number of fused-ring (bicyclic) bond motifs is 1. The van der Waals surface area contributed by atoms with Crippen molar-refractivity contribution < 1.29 is 9.15 Å². The minimum absolute atomic E-state index is 0.461. The first-order valence-electron chi connectivity index (χ1n) is 9.99. The molecule has 2 aliphatic rings. The van der Waals surface area contributed by atoms with Gasteiger partial charge in [-0.25, -0.2) is 4.98 Å². The quantitative estimate of drug-likeness (QED) is 0.796. The second-order valence-electron chi connectivity index (χ2n) is 7.81. The largest absolute Gasteiger partial charge is 0.440 e. The Morgan fingerprint density at radius 3 is 2.72 bits per heavy atom. The highest BCUT2D eigenvalue weighted by Crippen LogP contribution is 2.30. The normalized spacial score (nSPS) is 26.3. The van der Waals surface area contributed by atoms with Gasteiger partial charge in [-0.05, 0) is 56.8 Å². The van der Waals surface area contributed by atoms with E-state index < -0.39 is 0 Å². The molecule has 4 heteroatoms. The Kier molecular flexibility index (Phi) is 5.37. The van der Waals surface area contributed by atoms with Crippen LogP contribution in [-0.4, -0.2) is 42.2 Å². The molecule has 1 aliphatic carbocycles. The first-order valence-corrected chi connectivity index (χ1v) is 9.99. The van der Waals surface area contributed by atoms with E-state index in [-0.39, 0.29) is 0 Å². The molecule has 0 bridgehead atoms. The lowest BCUT2D eigenvalue weighted by Gasteiger charge is -2.32. The topological polar surface area (TPSA) is 38.5 Å². The molecule has 25 heavy (non-hydrogen) atoms. The minimum atomic E-state index is 0.461. The SMILES string of the molecule is CC1CCCCC1OCCN1CCC(c2nc3ccccc3o2)CC1. The number of hydrogen-bond donors (Lipinski definition) is 0. The van der Waals surface area contributed by atoms with Crippen LogP contribution in [0.15, 0.2) is 28.7 Å². The number of benzene rings is 1. The smallest absolute Gasteiger partial charge is 0.198 e. The van der Waals surface area contributed by atoms with Crippen LogP contribution in [-0.2, 0) is 4.74 Å². The summed E-state index contributed by atoms with van der Waals surface area (Å²) in [6.07, 6.45) is 8.06. The monoisotopic (exact) mass is 342 g/mol. The van der Waals surface area contributed by atoms with Crippen LogP contribution in [0.5, 0.6) is 0 Å². The van der Waals surface area contributed by atoms with Crippen molar-refractivity contribution in [2.75, 3.05) is 26.2 Å². The van der Waals surface area contributed by atoms with Crippen LogP contribution in [0.2, 0.25) is 0 Å². The fraction of sp³-hybridized carbons (Fsp3) is 0.667. The third-order valence-electron chi connectivity index (χ3n) is 6.02. The van der Waals surface area contributed by atoms with Crippen molar-refractivity contribution in [3.63, 3.8) is 0 Å². The van der Waals surface area contributed by atoms with Crippen molar-refractivity contribution in [1.29, 1.82) is 0 Å². The number of rotatable bonds is 5. The number of likely N-dealkylation sites (tertiary alicyclic amines) is 1. The number of hydrogen-bond acceptors (Lipinski definition) is 4. The number of ether oxygens (including phenoxy) is 1. The van der Waals surface area contributed by atoms with E-state index in [0.717, 1.165) is 62.0 Å².